The lowest BCUT2D eigenvalue weighted by molar-refractivity contribution is 0.380. The highest BCUT2D eigenvalue weighted by Crippen LogP contribution is 2.30. The topological polar surface area (TPSA) is 12.0 Å². The number of hydrogen-bond acceptors (Lipinski definition) is 2. The van der Waals surface area contributed by atoms with Crippen molar-refractivity contribution in [2.75, 3.05) is 6.54 Å². The smallest absolute Gasteiger partial charge is 0.00954 e. The molecule has 0 radical (unpaired) electrons. The molecule has 1 saturated carbocycles. The van der Waals surface area contributed by atoms with Gasteiger partial charge in [0.2, 0.25) is 0 Å². The van der Waals surface area contributed by atoms with Crippen molar-refractivity contribution in [2.45, 2.75) is 51.5 Å². The van der Waals surface area contributed by atoms with Crippen molar-refractivity contribution in [3.8, 4) is 0 Å². The molecule has 1 aromatic rings. The predicted octanol–water partition coefficient (Wildman–Crippen LogP) is 3.85. The average molecular weight is 237 g/mol. The Morgan fingerprint density at radius 2 is 2.38 bits per heavy atom. The first-order chi connectivity index (χ1) is 7.90. The van der Waals surface area contributed by atoms with E-state index in [0.29, 0.717) is 0 Å². The van der Waals surface area contributed by atoms with Crippen LogP contribution in [0.4, 0.5) is 0 Å². The second-order valence-electron chi connectivity index (χ2n) is 4.87. The summed E-state index contributed by atoms with van der Waals surface area (Å²) in [6.07, 6.45) is 8.18. The van der Waals surface area contributed by atoms with Gasteiger partial charge in [0.25, 0.3) is 0 Å². The van der Waals surface area contributed by atoms with Gasteiger partial charge in [-0.1, -0.05) is 19.4 Å². The standard InChI is InChI=1S/C14H23NS/c1-2-10-15-14-7-3-5-12(14)8-9-13-6-4-11-16-13/h4,6,11-12,14-15H,2-3,5,7-10H2,1H3. The predicted molar refractivity (Wildman–Crippen MR) is 72.1 cm³/mol. The minimum absolute atomic E-state index is 0.805. The lowest BCUT2D eigenvalue weighted by atomic mass is 9.97. The van der Waals surface area contributed by atoms with Crippen LogP contribution in [-0.4, -0.2) is 12.6 Å². The van der Waals surface area contributed by atoms with Gasteiger partial charge in [0.05, 0.1) is 0 Å². The van der Waals surface area contributed by atoms with Crippen molar-refractivity contribution >= 4 is 11.3 Å². The fourth-order valence-corrected chi connectivity index (χ4v) is 3.49. The van der Waals surface area contributed by atoms with Crippen LogP contribution >= 0.6 is 11.3 Å². The van der Waals surface area contributed by atoms with Gasteiger partial charge in [-0.05, 0) is 56.0 Å². The highest BCUT2D eigenvalue weighted by molar-refractivity contribution is 7.09. The van der Waals surface area contributed by atoms with E-state index in [1.807, 2.05) is 11.3 Å². The molecule has 0 bridgehead atoms. The van der Waals surface area contributed by atoms with E-state index in [0.717, 1.165) is 12.0 Å². The third kappa shape index (κ3) is 3.33. The van der Waals surface area contributed by atoms with Gasteiger partial charge < -0.3 is 5.32 Å². The van der Waals surface area contributed by atoms with Gasteiger partial charge in [-0.3, -0.25) is 0 Å². The number of nitrogens with one attached hydrogen (secondary N) is 1. The summed E-state index contributed by atoms with van der Waals surface area (Å²) in [6, 6.07) is 5.25. The number of hydrogen-bond donors (Lipinski definition) is 1. The van der Waals surface area contributed by atoms with E-state index >= 15 is 0 Å². The number of thiophene rings is 1. The third-order valence-electron chi connectivity index (χ3n) is 3.66. The summed E-state index contributed by atoms with van der Waals surface area (Å²) < 4.78 is 0. The summed E-state index contributed by atoms with van der Waals surface area (Å²) in [5.41, 5.74) is 0. The van der Waals surface area contributed by atoms with Gasteiger partial charge in [0.15, 0.2) is 0 Å². The summed E-state index contributed by atoms with van der Waals surface area (Å²) in [7, 11) is 0. The molecule has 90 valence electrons. The molecule has 0 saturated heterocycles. The molecule has 2 unspecified atom stereocenters. The van der Waals surface area contributed by atoms with Gasteiger partial charge in [0, 0.05) is 10.9 Å². The Labute approximate surface area is 103 Å². The molecule has 0 spiro atoms. The Bertz CT molecular complexity index is 281. The van der Waals surface area contributed by atoms with Gasteiger partial charge in [-0.15, -0.1) is 11.3 Å². The minimum atomic E-state index is 0.805. The van der Waals surface area contributed by atoms with Gasteiger partial charge in [0.1, 0.15) is 0 Å². The highest BCUT2D eigenvalue weighted by Gasteiger charge is 2.25. The van der Waals surface area contributed by atoms with Gasteiger partial charge in [-0.25, -0.2) is 0 Å². The quantitative estimate of drug-likeness (QED) is 0.792. The van der Waals surface area contributed by atoms with E-state index < -0.39 is 0 Å². The Balaban J connectivity index is 1.75. The normalized spacial score (nSPS) is 25.1. The first-order valence-electron chi connectivity index (χ1n) is 6.66. The van der Waals surface area contributed by atoms with Crippen molar-refractivity contribution in [2.24, 2.45) is 5.92 Å². The molecule has 0 aliphatic heterocycles. The fraction of sp³-hybridized carbons (Fsp3) is 0.714. The molecule has 0 aromatic carbocycles. The molecule has 1 fully saturated rings. The lowest BCUT2D eigenvalue weighted by Crippen LogP contribution is -2.33. The van der Waals surface area contributed by atoms with Gasteiger partial charge in [-0.2, -0.15) is 0 Å². The molecule has 1 aromatic heterocycles. The van der Waals surface area contributed by atoms with E-state index in [1.165, 1.54) is 45.1 Å². The van der Waals surface area contributed by atoms with Crippen LogP contribution < -0.4 is 5.32 Å². The second-order valence-corrected chi connectivity index (χ2v) is 5.90. The fourth-order valence-electron chi connectivity index (χ4n) is 2.76. The van der Waals surface area contributed by atoms with Crippen LogP contribution in [0.5, 0.6) is 0 Å². The monoisotopic (exact) mass is 237 g/mol. The SMILES string of the molecule is CCCNC1CCCC1CCc1cccs1. The Morgan fingerprint density at radius 3 is 3.12 bits per heavy atom. The van der Waals surface area contributed by atoms with Crippen molar-refractivity contribution in [3.63, 3.8) is 0 Å². The molecular weight excluding hydrogens is 214 g/mol. The Morgan fingerprint density at radius 1 is 1.44 bits per heavy atom. The van der Waals surface area contributed by atoms with Crippen LogP contribution in [0, 0.1) is 5.92 Å². The maximum absolute atomic E-state index is 3.71. The summed E-state index contributed by atoms with van der Waals surface area (Å²) in [5.74, 6) is 0.925. The Kier molecular flexibility index (Phi) is 4.86. The maximum atomic E-state index is 3.71. The van der Waals surface area contributed by atoms with Crippen LogP contribution in [-0.2, 0) is 6.42 Å². The highest BCUT2D eigenvalue weighted by atomic mass is 32.1. The van der Waals surface area contributed by atoms with Crippen LogP contribution in [0.25, 0.3) is 0 Å². The first kappa shape index (κ1) is 12.1. The molecule has 16 heavy (non-hydrogen) atoms. The minimum Gasteiger partial charge on any atom is -0.314 e. The van der Waals surface area contributed by atoms with Crippen molar-refractivity contribution in [1.82, 2.24) is 5.32 Å². The van der Waals surface area contributed by atoms with Crippen LogP contribution in [0.2, 0.25) is 0 Å². The molecule has 1 aliphatic rings. The van der Waals surface area contributed by atoms with Crippen molar-refractivity contribution in [3.05, 3.63) is 22.4 Å². The third-order valence-corrected chi connectivity index (χ3v) is 4.59. The second kappa shape index (κ2) is 6.41. The largest absolute Gasteiger partial charge is 0.314 e. The van der Waals surface area contributed by atoms with E-state index in [4.69, 9.17) is 0 Å². The van der Waals surface area contributed by atoms with Crippen LogP contribution in [0.1, 0.15) is 43.9 Å². The van der Waals surface area contributed by atoms with E-state index in [1.54, 1.807) is 4.88 Å². The molecule has 2 heteroatoms. The van der Waals surface area contributed by atoms with Crippen LogP contribution in [0.3, 0.4) is 0 Å². The summed E-state index contributed by atoms with van der Waals surface area (Å²) >= 11 is 1.90. The van der Waals surface area contributed by atoms with E-state index in [2.05, 4.69) is 29.8 Å². The lowest BCUT2D eigenvalue weighted by Gasteiger charge is -2.20. The summed E-state index contributed by atoms with van der Waals surface area (Å²) in [6.45, 7) is 3.45. The molecule has 1 nitrogen and oxygen atoms in total. The van der Waals surface area contributed by atoms with E-state index in [9.17, 15) is 0 Å². The molecule has 2 atom stereocenters. The molecule has 2 rings (SSSR count). The van der Waals surface area contributed by atoms with Crippen molar-refractivity contribution in [1.29, 1.82) is 0 Å². The maximum Gasteiger partial charge on any atom is 0.00954 e. The molecule has 1 aliphatic carbocycles. The van der Waals surface area contributed by atoms with Crippen LogP contribution in [0.15, 0.2) is 17.5 Å². The zero-order chi connectivity index (χ0) is 11.2. The zero-order valence-electron chi connectivity index (χ0n) is 10.2. The number of aryl methyl sites for hydroxylation is 1. The zero-order valence-corrected chi connectivity index (χ0v) is 11.1. The van der Waals surface area contributed by atoms with Crippen molar-refractivity contribution < 1.29 is 0 Å². The molecule has 1 N–H and O–H groups in total. The molecule has 0 amide bonds. The van der Waals surface area contributed by atoms with E-state index in [-0.39, 0.29) is 0 Å². The number of rotatable bonds is 6. The first-order valence-corrected chi connectivity index (χ1v) is 7.54. The summed E-state index contributed by atoms with van der Waals surface area (Å²) in [5, 5.41) is 5.91. The summed E-state index contributed by atoms with van der Waals surface area (Å²) in [4.78, 5) is 1.56. The molecular formula is C14H23NS. The Hall–Kier alpha value is -0.340. The molecule has 1 heterocycles. The average Bonchev–Trinajstić information content (AvgIpc) is 2.94. The van der Waals surface area contributed by atoms with Gasteiger partial charge >= 0.3 is 0 Å².